The molecule has 0 radical (unpaired) electrons. The lowest BCUT2D eigenvalue weighted by Crippen LogP contribution is -2.12. The molecule has 4 N–H and O–H groups in total. The topological polar surface area (TPSA) is 101 Å². The van der Waals surface area contributed by atoms with Crippen LogP contribution in [-0.2, 0) is 0 Å². The number of ketones is 1. The molecule has 0 unspecified atom stereocenters. The third-order valence-electron chi connectivity index (χ3n) is 3.52. The first kappa shape index (κ1) is 14.8. The quantitative estimate of drug-likeness (QED) is 0.509. The van der Waals surface area contributed by atoms with E-state index >= 15 is 0 Å². The summed E-state index contributed by atoms with van der Waals surface area (Å²) >= 11 is 0. The van der Waals surface area contributed by atoms with Gasteiger partial charge >= 0.3 is 0 Å². The summed E-state index contributed by atoms with van der Waals surface area (Å²) in [5.74, 6) is -0.260. The van der Waals surface area contributed by atoms with Crippen LogP contribution < -0.4 is 11.1 Å². The Morgan fingerprint density at radius 2 is 1.96 bits per heavy atom. The van der Waals surface area contributed by atoms with E-state index in [1.165, 1.54) is 6.20 Å². The first-order chi connectivity index (χ1) is 11.1. The molecule has 116 valence electrons. The molecule has 6 nitrogen and oxygen atoms in total. The minimum atomic E-state index is -0.270. The Bertz CT molecular complexity index is 881. The zero-order valence-corrected chi connectivity index (χ0v) is 12.6. The molecule has 23 heavy (non-hydrogen) atoms. The van der Waals surface area contributed by atoms with Crippen LogP contribution in [0.5, 0.6) is 0 Å². The van der Waals surface area contributed by atoms with Gasteiger partial charge in [-0.2, -0.15) is 0 Å². The Kier molecular flexibility index (Phi) is 3.80. The van der Waals surface area contributed by atoms with E-state index in [9.17, 15) is 9.59 Å². The fraction of sp³-hybridized carbons (Fsp3) is 0.118. The third-order valence-corrected chi connectivity index (χ3v) is 3.52. The number of nitrogen functional groups attached to an aromatic ring is 1. The average Bonchev–Trinajstić information content (AvgIpc) is 2.99. The number of nitrogens with two attached hydrogens (primary N) is 1. The van der Waals surface area contributed by atoms with E-state index < -0.39 is 0 Å². The van der Waals surface area contributed by atoms with Crippen molar-refractivity contribution >= 4 is 34.1 Å². The van der Waals surface area contributed by atoms with Crippen LogP contribution in [0.2, 0.25) is 0 Å². The van der Waals surface area contributed by atoms with E-state index in [2.05, 4.69) is 15.3 Å². The molecule has 1 aromatic carbocycles. The summed E-state index contributed by atoms with van der Waals surface area (Å²) < 4.78 is 0. The number of amides is 1. The number of hydrogen-bond acceptors (Lipinski definition) is 4. The molecule has 0 bridgehead atoms. The smallest absolute Gasteiger partial charge is 0.257 e. The lowest BCUT2D eigenvalue weighted by molar-refractivity contribution is 0.0982. The number of aromatic nitrogens is 2. The highest BCUT2D eigenvalue weighted by molar-refractivity contribution is 6.06. The Morgan fingerprint density at radius 1 is 1.22 bits per heavy atom. The number of aromatic amines is 1. The van der Waals surface area contributed by atoms with Crippen molar-refractivity contribution < 1.29 is 9.59 Å². The van der Waals surface area contributed by atoms with Crippen molar-refractivity contribution in [2.24, 2.45) is 0 Å². The van der Waals surface area contributed by atoms with Gasteiger partial charge in [0.25, 0.3) is 5.91 Å². The zero-order valence-electron chi connectivity index (χ0n) is 12.6. The standard InChI is InChI=1S/C17H16N4O2/c1-2-15(22)14-8-10-7-11(9-19-16(10)21-14)17(23)20-13-5-3-12(18)4-6-13/h3-9H,2,18H2,1H3,(H,19,21)(H,20,23). The Labute approximate surface area is 132 Å². The molecule has 2 heterocycles. The lowest BCUT2D eigenvalue weighted by atomic mass is 10.2. The number of benzene rings is 1. The Hall–Kier alpha value is -3.15. The van der Waals surface area contributed by atoms with E-state index in [4.69, 9.17) is 5.73 Å². The second-order valence-electron chi connectivity index (χ2n) is 5.20. The van der Waals surface area contributed by atoms with Crippen LogP contribution in [0.25, 0.3) is 11.0 Å². The molecule has 0 atom stereocenters. The van der Waals surface area contributed by atoms with Gasteiger partial charge in [0.1, 0.15) is 5.65 Å². The minimum absolute atomic E-state index is 0.0101. The highest BCUT2D eigenvalue weighted by Crippen LogP contribution is 2.17. The van der Waals surface area contributed by atoms with Gasteiger partial charge < -0.3 is 16.0 Å². The summed E-state index contributed by atoms with van der Waals surface area (Å²) in [6.45, 7) is 1.80. The maximum absolute atomic E-state index is 12.3. The second-order valence-corrected chi connectivity index (χ2v) is 5.20. The van der Waals surface area contributed by atoms with Gasteiger partial charge in [0, 0.05) is 29.4 Å². The van der Waals surface area contributed by atoms with E-state index in [1.54, 1.807) is 43.3 Å². The van der Waals surface area contributed by atoms with Crippen LogP contribution in [0, 0.1) is 0 Å². The summed E-state index contributed by atoms with van der Waals surface area (Å²) in [6, 6.07) is 10.3. The molecule has 0 aliphatic rings. The van der Waals surface area contributed by atoms with Crippen LogP contribution in [-0.4, -0.2) is 21.7 Å². The van der Waals surface area contributed by atoms with E-state index in [0.717, 1.165) is 5.39 Å². The predicted molar refractivity (Wildman–Crippen MR) is 89.5 cm³/mol. The first-order valence-corrected chi connectivity index (χ1v) is 7.25. The van der Waals surface area contributed by atoms with Crippen molar-refractivity contribution in [3.63, 3.8) is 0 Å². The van der Waals surface area contributed by atoms with Crippen LogP contribution in [0.4, 0.5) is 11.4 Å². The number of pyridine rings is 1. The van der Waals surface area contributed by atoms with Gasteiger partial charge in [-0.1, -0.05) is 6.92 Å². The average molecular weight is 308 g/mol. The molecule has 3 rings (SSSR count). The van der Waals surface area contributed by atoms with Gasteiger partial charge in [0.15, 0.2) is 5.78 Å². The Morgan fingerprint density at radius 3 is 2.65 bits per heavy atom. The summed E-state index contributed by atoms with van der Waals surface area (Å²) in [5.41, 5.74) is 8.41. The number of anilines is 2. The van der Waals surface area contributed by atoms with E-state index in [-0.39, 0.29) is 11.7 Å². The number of H-pyrrole nitrogens is 1. The number of carbonyl (C=O) groups is 2. The fourth-order valence-electron chi connectivity index (χ4n) is 2.25. The predicted octanol–water partition coefficient (Wildman–Crippen LogP) is 2.99. The highest BCUT2D eigenvalue weighted by atomic mass is 16.1. The molecule has 0 spiro atoms. The van der Waals surface area contributed by atoms with E-state index in [1.807, 2.05) is 0 Å². The van der Waals surface area contributed by atoms with Gasteiger partial charge in [-0.25, -0.2) is 4.98 Å². The van der Waals surface area contributed by atoms with Crippen LogP contribution in [0.3, 0.4) is 0 Å². The molecule has 0 fully saturated rings. The SMILES string of the molecule is CCC(=O)c1cc2cc(C(=O)Nc3ccc(N)cc3)cnc2[nH]1. The number of hydrogen-bond donors (Lipinski definition) is 3. The second kappa shape index (κ2) is 5.92. The zero-order chi connectivity index (χ0) is 16.4. The first-order valence-electron chi connectivity index (χ1n) is 7.25. The van der Waals surface area contributed by atoms with Gasteiger partial charge in [0.2, 0.25) is 0 Å². The van der Waals surface area contributed by atoms with Gasteiger partial charge in [-0.05, 0) is 36.4 Å². The highest BCUT2D eigenvalue weighted by Gasteiger charge is 2.12. The minimum Gasteiger partial charge on any atom is -0.399 e. The lowest BCUT2D eigenvalue weighted by Gasteiger charge is -2.05. The van der Waals surface area contributed by atoms with Crippen molar-refractivity contribution in [2.75, 3.05) is 11.1 Å². The number of nitrogens with one attached hydrogen (secondary N) is 2. The van der Waals surface area contributed by atoms with Crippen molar-refractivity contribution in [1.29, 1.82) is 0 Å². The van der Waals surface area contributed by atoms with Crippen LogP contribution in [0.15, 0.2) is 42.6 Å². The van der Waals surface area contributed by atoms with Crippen LogP contribution in [0.1, 0.15) is 34.2 Å². The fourth-order valence-corrected chi connectivity index (χ4v) is 2.25. The molecule has 0 aliphatic heterocycles. The molecule has 0 aliphatic carbocycles. The van der Waals surface area contributed by atoms with Crippen LogP contribution >= 0.6 is 0 Å². The number of Topliss-reactive ketones (excluding diaryl/α,β-unsaturated/α-hetero) is 1. The largest absolute Gasteiger partial charge is 0.399 e. The molecule has 3 aromatic rings. The third kappa shape index (κ3) is 3.06. The molecular formula is C17H16N4O2. The Balaban J connectivity index is 1.85. The van der Waals surface area contributed by atoms with Crippen molar-refractivity contribution in [1.82, 2.24) is 9.97 Å². The molecule has 0 saturated carbocycles. The monoisotopic (exact) mass is 308 g/mol. The number of nitrogens with zero attached hydrogens (tertiary/aromatic N) is 1. The van der Waals surface area contributed by atoms with Crippen molar-refractivity contribution in [3.8, 4) is 0 Å². The maximum Gasteiger partial charge on any atom is 0.257 e. The van der Waals surface area contributed by atoms with Crippen molar-refractivity contribution in [2.45, 2.75) is 13.3 Å². The summed E-state index contributed by atoms with van der Waals surface area (Å²) in [4.78, 5) is 31.2. The maximum atomic E-state index is 12.3. The van der Waals surface area contributed by atoms with Gasteiger partial charge in [-0.15, -0.1) is 0 Å². The molecular weight excluding hydrogens is 292 g/mol. The normalized spacial score (nSPS) is 10.7. The summed E-state index contributed by atoms with van der Waals surface area (Å²) in [5, 5.41) is 3.51. The van der Waals surface area contributed by atoms with Crippen molar-refractivity contribution in [3.05, 3.63) is 53.9 Å². The molecule has 1 amide bonds. The van der Waals surface area contributed by atoms with Gasteiger partial charge in [-0.3, -0.25) is 9.59 Å². The molecule has 0 saturated heterocycles. The molecule has 2 aromatic heterocycles. The number of carbonyl (C=O) groups excluding carboxylic acids is 2. The van der Waals surface area contributed by atoms with E-state index in [0.29, 0.717) is 34.7 Å². The number of fused-ring (bicyclic) bond motifs is 1. The summed E-state index contributed by atoms with van der Waals surface area (Å²) in [7, 11) is 0. The summed E-state index contributed by atoms with van der Waals surface area (Å²) in [6.07, 6.45) is 1.89. The molecule has 6 heteroatoms. The number of rotatable bonds is 4. The van der Waals surface area contributed by atoms with Gasteiger partial charge in [0.05, 0.1) is 11.3 Å².